The van der Waals surface area contributed by atoms with Crippen LogP contribution in [0.3, 0.4) is 0 Å². The lowest BCUT2D eigenvalue weighted by Crippen LogP contribution is -2.11. The molecule has 0 bridgehead atoms. The van der Waals surface area contributed by atoms with E-state index in [0.29, 0.717) is 35.5 Å². The Bertz CT molecular complexity index is 891. The minimum Gasteiger partial charge on any atom is -0.500 e. The molecule has 0 radical (unpaired) electrons. The summed E-state index contributed by atoms with van der Waals surface area (Å²) in [7, 11) is -3.59. The van der Waals surface area contributed by atoms with Crippen LogP contribution in [0, 0.1) is 11.3 Å². The molecule has 0 unspecified atom stereocenters. The van der Waals surface area contributed by atoms with Gasteiger partial charge in [0.15, 0.2) is 0 Å². The fourth-order valence-corrected chi connectivity index (χ4v) is 4.17. The highest BCUT2D eigenvalue weighted by molar-refractivity contribution is 7.95. The number of allylic oxidation sites excluding steroid dienone is 1. The third-order valence-electron chi connectivity index (χ3n) is 3.75. The van der Waals surface area contributed by atoms with Gasteiger partial charge in [0.1, 0.15) is 0 Å². The lowest BCUT2D eigenvalue weighted by atomic mass is 10.0. The Kier molecular flexibility index (Phi) is 4.18. The summed E-state index contributed by atoms with van der Waals surface area (Å²) >= 11 is 0. The zero-order valence-electron chi connectivity index (χ0n) is 12.4. The first-order valence-electron chi connectivity index (χ1n) is 7.28. The van der Waals surface area contributed by atoms with Gasteiger partial charge in [0.05, 0.1) is 34.3 Å². The van der Waals surface area contributed by atoms with E-state index in [0.717, 1.165) is 5.56 Å². The summed E-state index contributed by atoms with van der Waals surface area (Å²) in [6.45, 7) is 0.552. The maximum absolute atomic E-state index is 12.9. The summed E-state index contributed by atoms with van der Waals surface area (Å²) in [5.41, 5.74) is 1.93. The number of ether oxygens (including phenoxy) is 1. The van der Waals surface area contributed by atoms with E-state index in [4.69, 9.17) is 10.00 Å². The second-order valence-electron chi connectivity index (χ2n) is 5.25. The zero-order valence-corrected chi connectivity index (χ0v) is 13.2. The van der Waals surface area contributed by atoms with Crippen molar-refractivity contribution in [1.29, 1.82) is 5.26 Å². The summed E-state index contributed by atoms with van der Waals surface area (Å²) in [5.74, 6) is 0. The van der Waals surface area contributed by atoms with Gasteiger partial charge < -0.3 is 4.74 Å². The molecule has 0 aliphatic carbocycles. The van der Waals surface area contributed by atoms with Gasteiger partial charge in [-0.05, 0) is 36.6 Å². The molecule has 0 saturated carbocycles. The second-order valence-corrected chi connectivity index (χ2v) is 7.22. The van der Waals surface area contributed by atoms with Crippen molar-refractivity contribution in [2.45, 2.75) is 17.7 Å². The summed E-state index contributed by atoms with van der Waals surface area (Å²) in [6.07, 6.45) is 2.54. The monoisotopic (exact) mass is 325 g/mol. The molecule has 0 atom stereocenters. The molecule has 2 aromatic carbocycles. The van der Waals surface area contributed by atoms with E-state index in [9.17, 15) is 8.42 Å². The molecule has 0 fully saturated rings. The minimum absolute atomic E-state index is 0.265. The number of hydrogen-bond acceptors (Lipinski definition) is 4. The Hall–Kier alpha value is -2.58. The van der Waals surface area contributed by atoms with Crippen LogP contribution in [0.15, 0.2) is 64.6 Å². The Labute approximate surface area is 135 Å². The molecular formula is C18H15NO3S. The molecule has 23 heavy (non-hydrogen) atoms. The van der Waals surface area contributed by atoms with Crippen LogP contribution < -0.4 is 0 Å². The van der Waals surface area contributed by atoms with Crippen molar-refractivity contribution in [2.75, 3.05) is 6.61 Å². The molecule has 1 aliphatic heterocycles. The van der Waals surface area contributed by atoms with Crippen LogP contribution in [-0.4, -0.2) is 15.0 Å². The van der Waals surface area contributed by atoms with Crippen LogP contribution in [0.25, 0.3) is 11.1 Å². The number of benzene rings is 2. The SMILES string of the molecule is N#Cc1ccc(-c2ccccc2S(=O)(=O)C2=COCCC2)cc1. The maximum Gasteiger partial charge on any atom is 0.206 e. The summed E-state index contributed by atoms with van der Waals surface area (Å²) < 4.78 is 31.0. The zero-order chi connectivity index (χ0) is 16.3. The summed E-state index contributed by atoms with van der Waals surface area (Å²) in [6, 6.07) is 15.9. The second kappa shape index (κ2) is 6.27. The fraction of sp³-hybridized carbons (Fsp3) is 0.167. The minimum atomic E-state index is -3.59. The molecule has 0 aromatic heterocycles. The topological polar surface area (TPSA) is 67.2 Å². The summed E-state index contributed by atoms with van der Waals surface area (Å²) in [4.78, 5) is 0.575. The standard InChI is InChI=1S/C18H15NO3S/c19-12-14-7-9-15(10-8-14)17-5-1-2-6-18(17)23(20,21)16-4-3-11-22-13-16/h1-2,5-10,13H,3-4,11H2. The number of nitriles is 1. The predicted molar refractivity (Wildman–Crippen MR) is 87.0 cm³/mol. The Morgan fingerprint density at radius 3 is 2.43 bits per heavy atom. The van der Waals surface area contributed by atoms with Gasteiger partial charge in [-0.25, -0.2) is 8.42 Å². The van der Waals surface area contributed by atoms with Gasteiger partial charge in [-0.3, -0.25) is 0 Å². The van der Waals surface area contributed by atoms with E-state index in [1.807, 2.05) is 0 Å². The molecule has 0 N–H and O–H groups in total. The molecule has 1 heterocycles. The molecular weight excluding hydrogens is 310 g/mol. The Morgan fingerprint density at radius 1 is 1.04 bits per heavy atom. The van der Waals surface area contributed by atoms with E-state index >= 15 is 0 Å². The number of rotatable bonds is 3. The van der Waals surface area contributed by atoms with Crippen LogP contribution in [0.1, 0.15) is 18.4 Å². The molecule has 4 nitrogen and oxygen atoms in total. The highest BCUT2D eigenvalue weighted by atomic mass is 32.2. The highest BCUT2D eigenvalue weighted by Crippen LogP contribution is 2.33. The Balaban J connectivity index is 2.10. The molecule has 0 saturated heterocycles. The van der Waals surface area contributed by atoms with E-state index in [1.54, 1.807) is 48.5 Å². The van der Waals surface area contributed by atoms with Gasteiger partial charge in [-0.1, -0.05) is 30.3 Å². The van der Waals surface area contributed by atoms with Crippen molar-refractivity contribution in [3.8, 4) is 17.2 Å². The predicted octanol–water partition coefficient (Wildman–Crippen LogP) is 3.65. The highest BCUT2D eigenvalue weighted by Gasteiger charge is 2.25. The molecule has 3 rings (SSSR count). The number of nitrogens with zero attached hydrogens (tertiary/aromatic N) is 1. The average molecular weight is 325 g/mol. The van der Waals surface area contributed by atoms with Gasteiger partial charge >= 0.3 is 0 Å². The lowest BCUT2D eigenvalue weighted by molar-refractivity contribution is 0.228. The molecule has 116 valence electrons. The van der Waals surface area contributed by atoms with Crippen LogP contribution in [0.5, 0.6) is 0 Å². The summed E-state index contributed by atoms with van der Waals surface area (Å²) in [5, 5.41) is 8.89. The van der Waals surface area contributed by atoms with Crippen LogP contribution in [0.2, 0.25) is 0 Å². The smallest absolute Gasteiger partial charge is 0.206 e. The van der Waals surface area contributed by atoms with E-state index < -0.39 is 9.84 Å². The van der Waals surface area contributed by atoms with Gasteiger partial charge in [-0.2, -0.15) is 5.26 Å². The third kappa shape index (κ3) is 2.99. The van der Waals surface area contributed by atoms with Crippen molar-refractivity contribution >= 4 is 9.84 Å². The van der Waals surface area contributed by atoms with E-state index in [2.05, 4.69) is 6.07 Å². The van der Waals surface area contributed by atoms with Crippen molar-refractivity contribution < 1.29 is 13.2 Å². The third-order valence-corrected chi connectivity index (χ3v) is 5.67. The lowest BCUT2D eigenvalue weighted by Gasteiger charge is -2.16. The van der Waals surface area contributed by atoms with E-state index in [1.165, 1.54) is 6.26 Å². The first kappa shape index (κ1) is 15.3. The normalized spacial score (nSPS) is 14.5. The van der Waals surface area contributed by atoms with E-state index in [-0.39, 0.29) is 4.90 Å². The van der Waals surface area contributed by atoms with Crippen molar-refractivity contribution in [2.24, 2.45) is 0 Å². The molecule has 2 aromatic rings. The van der Waals surface area contributed by atoms with Crippen molar-refractivity contribution in [1.82, 2.24) is 0 Å². The van der Waals surface area contributed by atoms with Gasteiger partial charge in [0.25, 0.3) is 0 Å². The van der Waals surface area contributed by atoms with Gasteiger partial charge in [-0.15, -0.1) is 0 Å². The van der Waals surface area contributed by atoms with Crippen molar-refractivity contribution in [3.63, 3.8) is 0 Å². The fourth-order valence-electron chi connectivity index (χ4n) is 2.54. The van der Waals surface area contributed by atoms with Crippen LogP contribution >= 0.6 is 0 Å². The number of hydrogen-bond donors (Lipinski definition) is 0. The van der Waals surface area contributed by atoms with Crippen LogP contribution in [0.4, 0.5) is 0 Å². The first-order chi connectivity index (χ1) is 11.1. The number of sulfone groups is 1. The first-order valence-corrected chi connectivity index (χ1v) is 8.76. The molecule has 0 amide bonds. The molecule has 1 aliphatic rings. The molecule has 0 spiro atoms. The maximum atomic E-state index is 12.9. The quantitative estimate of drug-likeness (QED) is 0.864. The van der Waals surface area contributed by atoms with Gasteiger partial charge in [0.2, 0.25) is 9.84 Å². The average Bonchev–Trinajstić information content (AvgIpc) is 2.62. The van der Waals surface area contributed by atoms with Crippen molar-refractivity contribution in [3.05, 3.63) is 65.3 Å². The van der Waals surface area contributed by atoms with Crippen LogP contribution in [-0.2, 0) is 14.6 Å². The molecule has 5 heteroatoms. The van der Waals surface area contributed by atoms with Gasteiger partial charge in [0, 0.05) is 5.56 Å². The largest absolute Gasteiger partial charge is 0.500 e. The Morgan fingerprint density at radius 2 is 1.78 bits per heavy atom.